The van der Waals surface area contributed by atoms with Crippen molar-refractivity contribution in [2.24, 2.45) is 0 Å². The average molecular weight is 448 g/mol. The van der Waals surface area contributed by atoms with Gasteiger partial charge in [0, 0.05) is 24.3 Å². The minimum Gasteiger partial charge on any atom is -0.372 e. The van der Waals surface area contributed by atoms with E-state index in [0.717, 1.165) is 18.8 Å². The van der Waals surface area contributed by atoms with E-state index in [1.54, 1.807) is 60.7 Å². The summed E-state index contributed by atoms with van der Waals surface area (Å²) in [5, 5.41) is 0.912. The number of fused-ring (bicyclic) bond motifs is 1. The summed E-state index contributed by atoms with van der Waals surface area (Å²) < 4.78 is 16.0. The summed E-state index contributed by atoms with van der Waals surface area (Å²) in [6, 6.07) is 19.3. The third kappa shape index (κ3) is 4.16. The fourth-order valence-electron chi connectivity index (χ4n) is 3.74. The van der Waals surface area contributed by atoms with Crippen LogP contribution in [0.2, 0.25) is 5.02 Å². The second-order valence-electron chi connectivity index (χ2n) is 7.29. The molecule has 0 radical (unpaired) electrons. The number of nitrogens with zero attached hydrogens (tertiary/aromatic N) is 3. The molecule has 162 valence electrons. The van der Waals surface area contributed by atoms with Gasteiger partial charge in [-0.2, -0.15) is 0 Å². The quantitative estimate of drug-likeness (QED) is 0.353. The Balaban J connectivity index is 1.89. The Morgan fingerprint density at radius 3 is 2.47 bits per heavy atom. The molecule has 0 amide bonds. The molecule has 0 aliphatic carbocycles. The highest BCUT2D eigenvalue weighted by atomic mass is 35.5. The molecule has 0 N–H and O–H groups in total. The molecule has 0 fully saturated rings. The lowest BCUT2D eigenvalue weighted by Crippen LogP contribution is -2.22. The maximum atomic E-state index is 14.6. The Kier molecular flexibility index (Phi) is 6.37. The molecule has 0 bridgehead atoms. The lowest BCUT2D eigenvalue weighted by molar-refractivity contribution is 0.625. The average Bonchev–Trinajstić information content (AvgIpc) is 2.81. The molecular weight excluding hydrogens is 425 g/mol. The number of hydrogen-bond acceptors (Lipinski definition) is 3. The van der Waals surface area contributed by atoms with Crippen LogP contribution in [0.4, 0.5) is 10.1 Å². The topological polar surface area (TPSA) is 38.1 Å². The van der Waals surface area contributed by atoms with Gasteiger partial charge in [0.1, 0.15) is 11.6 Å². The van der Waals surface area contributed by atoms with Gasteiger partial charge in [-0.1, -0.05) is 35.9 Å². The predicted octanol–water partition coefficient (Wildman–Crippen LogP) is 6.19. The highest BCUT2D eigenvalue weighted by Gasteiger charge is 2.13. The highest BCUT2D eigenvalue weighted by Crippen LogP contribution is 2.24. The number of rotatable bonds is 6. The number of aromatic nitrogens is 2. The van der Waals surface area contributed by atoms with Crippen molar-refractivity contribution >= 4 is 40.3 Å². The van der Waals surface area contributed by atoms with Gasteiger partial charge in [0.25, 0.3) is 5.56 Å². The Hall–Kier alpha value is -3.44. The fourth-order valence-corrected chi connectivity index (χ4v) is 3.96. The van der Waals surface area contributed by atoms with E-state index >= 15 is 0 Å². The third-order valence-corrected chi connectivity index (χ3v) is 5.73. The minimum absolute atomic E-state index is 0.235. The summed E-state index contributed by atoms with van der Waals surface area (Å²) in [5.74, 6) is 0.0269. The molecule has 0 atom stereocenters. The van der Waals surface area contributed by atoms with Crippen molar-refractivity contribution in [3.05, 3.63) is 99.3 Å². The number of benzene rings is 3. The van der Waals surface area contributed by atoms with Crippen LogP contribution in [0.3, 0.4) is 0 Å². The van der Waals surface area contributed by atoms with Crippen LogP contribution in [0.25, 0.3) is 28.7 Å². The molecule has 0 saturated carbocycles. The first-order valence-corrected chi connectivity index (χ1v) is 10.9. The standard InChI is InChI=1S/C26H23ClFN3O/c1-3-30(4-2)19-14-15-22(28)18(17-19)13-16-25-29-23-11-7-5-9-20(23)26(32)31(25)24-12-8-6-10-21(24)27/h5-17H,3-4H2,1-2H3. The Bertz CT molecular complexity index is 1360. The van der Waals surface area contributed by atoms with Crippen molar-refractivity contribution in [1.29, 1.82) is 0 Å². The van der Waals surface area contributed by atoms with Gasteiger partial charge < -0.3 is 4.90 Å². The molecule has 4 nitrogen and oxygen atoms in total. The largest absolute Gasteiger partial charge is 0.372 e. The molecule has 1 heterocycles. The molecule has 0 saturated heterocycles. The van der Waals surface area contributed by atoms with Crippen molar-refractivity contribution in [2.75, 3.05) is 18.0 Å². The maximum Gasteiger partial charge on any atom is 0.266 e. The zero-order valence-electron chi connectivity index (χ0n) is 17.9. The van der Waals surface area contributed by atoms with Gasteiger partial charge in [-0.3, -0.25) is 9.36 Å². The molecule has 4 rings (SSSR count). The SMILES string of the molecule is CCN(CC)c1ccc(F)c(C=Cc2nc3ccccc3c(=O)n2-c2ccccc2Cl)c1. The Morgan fingerprint density at radius 1 is 1.00 bits per heavy atom. The summed E-state index contributed by atoms with van der Waals surface area (Å²) >= 11 is 6.41. The highest BCUT2D eigenvalue weighted by molar-refractivity contribution is 6.32. The molecule has 0 aliphatic heterocycles. The van der Waals surface area contributed by atoms with Crippen LogP contribution >= 0.6 is 11.6 Å². The van der Waals surface area contributed by atoms with Gasteiger partial charge in [-0.25, -0.2) is 9.37 Å². The molecule has 0 unspecified atom stereocenters. The van der Waals surface area contributed by atoms with Crippen LogP contribution in [0, 0.1) is 5.82 Å². The van der Waals surface area contributed by atoms with E-state index in [1.807, 2.05) is 12.1 Å². The Morgan fingerprint density at radius 2 is 1.72 bits per heavy atom. The first kappa shape index (κ1) is 21.8. The summed E-state index contributed by atoms with van der Waals surface area (Å²) in [5.41, 5.74) is 2.21. The van der Waals surface area contributed by atoms with E-state index in [9.17, 15) is 9.18 Å². The van der Waals surface area contributed by atoms with Crippen LogP contribution in [0.15, 0.2) is 71.5 Å². The van der Waals surface area contributed by atoms with Gasteiger partial charge in [-0.05, 0) is 68.5 Å². The van der Waals surface area contributed by atoms with Crippen molar-refractivity contribution in [1.82, 2.24) is 9.55 Å². The monoisotopic (exact) mass is 447 g/mol. The van der Waals surface area contributed by atoms with Crippen LogP contribution in [0.5, 0.6) is 0 Å². The third-order valence-electron chi connectivity index (χ3n) is 5.42. The molecule has 4 aromatic rings. The van der Waals surface area contributed by atoms with Crippen LogP contribution in [-0.4, -0.2) is 22.6 Å². The number of hydrogen-bond donors (Lipinski definition) is 0. The van der Waals surface area contributed by atoms with Crippen molar-refractivity contribution in [3.8, 4) is 5.69 Å². The molecule has 0 spiro atoms. The summed E-state index contributed by atoms with van der Waals surface area (Å²) in [6.45, 7) is 5.76. The van der Waals surface area contributed by atoms with Crippen LogP contribution in [-0.2, 0) is 0 Å². The number of halogens is 2. The van der Waals surface area contributed by atoms with Gasteiger partial charge in [0.2, 0.25) is 0 Å². The van der Waals surface area contributed by atoms with Crippen molar-refractivity contribution < 1.29 is 4.39 Å². The van der Waals surface area contributed by atoms with Crippen molar-refractivity contribution in [3.63, 3.8) is 0 Å². The summed E-state index contributed by atoms with van der Waals surface area (Å²) in [7, 11) is 0. The van der Waals surface area contributed by atoms with Gasteiger partial charge in [-0.15, -0.1) is 0 Å². The second-order valence-corrected chi connectivity index (χ2v) is 7.70. The van der Waals surface area contributed by atoms with E-state index in [2.05, 4.69) is 23.7 Å². The molecule has 3 aromatic carbocycles. The summed E-state index contributed by atoms with van der Waals surface area (Å²) in [6.07, 6.45) is 3.30. The van der Waals surface area contributed by atoms with E-state index < -0.39 is 0 Å². The van der Waals surface area contributed by atoms with Crippen LogP contribution < -0.4 is 10.5 Å². The summed E-state index contributed by atoms with van der Waals surface area (Å²) in [4.78, 5) is 20.2. The number of para-hydroxylation sites is 2. The first-order valence-electron chi connectivity index (χ1n) is 10.5. The normalized spacial score (nSPS) is 11.4. The Labute approximate surface area is 191 Å². The molecule has 32 heavy (non-hydrogen) atoms. The van der Waals surface area contributed by atoms with Crippen molar-refractivity contribution in [2.45, 2.75) is 13.8 Å². The molecule has 1 aromatic heterocycles. The van der Waals surface area contributed by atoms with E-state index in [0.29, 0.717) is 33.0 Å². The van der Waals surface area contributed by atoms with Crippen LogP contribution in [0.1, 0.15) is 25.2 Å². The van der Waals surface area contributed by atoms with Gasteiger partial charge >= 0.3 is 0 Å². The maximum absolute atomic E-state index is 14.6. The van der Waals surface area contributed by atoms with Gasteiger partial charge in [0.15, 0.2) is 0 Å². The van der Waals surface area contributed by atoms with E-state index in [4.69, 9.17) is 11.6 Å². The first-order chi connectivity index (χ1) is 15.5. The fraction of sp³-hybridized carbons (Fsp3) is 0.154. The van der Waals surface area contributed by atoms with E-state index in [-0.39, 0.29) is 11.4 Å². The minimum atomic E-state index is -0.343. The second kappa shape index (κ2) is 9.37. The lowest BCUT2D eigenvalue weighted by atomic mass is 10.1. The smallest absolute Gasteiger partial charge is 0.266 e. The predicted molar refractivity (Wildman–Crippen MR) is 131 cm³/mol. The molecular formula is C26H23ClFN3O. The number of anilines is 1. The zero-order valence-corrected chi connectivity index (χ0v) is 18.7. The molecule has 0 aliphatic rings. The molecule has 6 heteroatoms. The van der Waals surface area contributed by atoms with Gasteiger partial charge in [0.05, 0.1) is 21.6 Å². The lowest BCUT2D eigenvalue weighted by Gasteiger charge is -2.21. The van der Waals surface area contributed by atoms with E-state index in [1.165, 1.54) is 10.6 Å². The zero-order chi connectivity index (χ0) is 22.7.